The smallest absolute Gasteiger partial charge is 0.253 e. The van der Waals surface area contributed by atoms with Crippen LogP contribution in [-0.4, -0.2) is 58.6 Å². The molecule has 0 unspecified atom stereocenters. The van der Waals surface area contributed by atoms with Crippen LogP contribution in [0.3, 0.4) is 0 Å². The lowest BCUT2D eigenvalue weighted by Gasteiger charge is -2.25. The molecule has 0 radical (unpaired) electrons. The average Bonchev–Trinajstić information content (AvgIpc) is 2.93. The highest BCUT2D eigenvalue weighted by atomic mass is 16.3. The maximum atomic E-state index is 13.3. The van der Waals surface area contributed by atoms with E-state index in [0.717, 1.165) is 24.0 Å². The Balaban J connectivity index is 1.71. The predicted octanol–water partition coefficient (Wildman–Crippen LogP) is 3.84. The lowest BCUT2D eigenvalue weighted by atomic mass is 10.00. The third-order valence-electron chi connectivity index (χ3n) is 6.13. The van der Waals surface area contributed by atoms with Crippen LogP contribution in [0, 0.1) is 0 Å². The molecule has 1 aromatic heterocycles. The summed E-state index contributed by atoms with van der Waals surface area (Å²) in [5, 5.41) is 17.3. The highest BCUT2D eigenvalue weighted by Gasteiger charge is 2.23. The summed E-state index contributed by atoms with van der Waals surface area (Å²) in [6, 6.07) is 19.9. The van der Waals surface area contributed by atoms with E-state index in [9.17, 15) is 14.7 Å². The van der Waals surface area contributed by atoms with Gasteiger partial charge in [-0.3, -0.25) is 14.6 Å². The van der Waals surface area contributed by atoms with Crippen molar-refractivity contribution in [1.29, 1.82) is 0 Å². The van der Waals surface area contributed by atoms with Gasteiger partial charge in [-0.2, -0.15) is 0 Å². The van der Waals surface area contributed by atoms with E-state index < -0.39 is 12.1 Å². The molecule has 0 bridgehead atoms. The highest BCUT2D eigenvalue weighted by molar-refractivity contribution is 5.99. The first-order chi connectivity index (χ1) is 18.0. The van der Waals surface area contributed by atoms with Crippen molar-refractivity contribution in [3.05, 3.63) is 101 Å². The van der Waals surface area contributed by atoms with Gasteiger partial charge in [0.05, 0.1) is 12.1 Å². The van der Waals surface area contributed by atoms with Gasteiger partial charge >= 0.3 is 0 Å². The van der Waals surface area contributed by atoms with Gasteiger partial charge in [0.15, 0.2) is 0 Å². The number of carbonyl (C=O) groups excluding carboxylic acids is 2. The van der Waals surface area contributed by atoms with E-state index >= 15 is 0 Å². The summed E-state index contributed by atoms with van der Waals surface area (Å²) in [6.45, 7) is 6.31. The number of amides is 2. The molecule has 3 N–H and O–H groups in total. The van der Waals surface area contributed by atoms with Gasteiger partial charge in [-0.05, 0) is 54.7 Å². The first-order valence-electron chi connectivity index (χ1n) is 13.0. The monoisotopic (exact) mass is 502 g/mol. The molecule has 7 nitrogen and oxygen atoms in total. The molecule has 196 valence electrons. The van der Waals surface area contributed by atoms with Crippen LogP contribution >= 0.6 is 0 Å². The van der Waals surface area contributed by atoms with E-state index in [0.29, 0.717) is 43.7 Å². The van der Waals surface area contributed by atoms with E-state index in [1.807, 2.05) is 61.2 Å². The third kappa shape index (κ3) is 8.81. The number of hydrogen-bond donors (Lipinski definition) is 3. The molecule has 2 amide bonds. The molecular formula is C30H38N4O3. The Morgan fingerprint density at radius 2 is 1.62 bits per heavy atom. The van der Waals surface area contributed by atoms with Crippen LogP contribution in [0.15, 0.2) is 79.1 Å². The Bertz CT molecular complexity index is 1100. The van der Waals surface area contributed by atoms with E-state index in [1.165, 1.54) is 0 Å². The second kappa shape index (κ2) is 14.9. The van der Waals surface area contributed by atoms with Gasteiger partial charge in [0.2, 0.25) is 0 Å². The zero-order chi connectivity index (χ0) is 26.5. The van der Waals surface area contributed by atoms with Crippen LogP contribution in [0.4, 0.5) is 0 Å². The van der Waals surface area contributed by atoms with Crippen molar-refractivity contribution in [3.63, 3.8) is 0 Å². The van der Waals surface area contributed by atoms with Gasteiger partial charge in [0, 0.05) is 49.7 Å². The second-order valence-corrected chi connectivity index (χ2v) is 9.20. The fraction of sp³-hybridized carbons (Fsp3) is 0.367. The summed E-state index contributed by atoms with van der Waals surface area (Å²) in [6.07, 6.45) is 4.90. The Morgan fingerprint density at radius 1 is 0.919 bits per heavy atom. The molecule has 7 heteroatoms. The van der Waals surface area contributed by atoms with Crippen LogP contribution in [0.1, 0.15) is 58.5 Å². The third-order valence-corrected chi connectivity index (χ3v) is 6.13. The highest BCUT2D eigenvalue weighted by Crippen LogP contribution is 2.12. The summed E-state index contributed by atoms with van der Waals surface area (Å²) >= 11 is 0. The quantitative estimate of drug-likeness (QED) is 0.311. The lowest BCUT2D eigenvalue weighted by Crippen LogP contribution is -2.48. The molecule has 0 aliphatic carbocycles. The van der Waals surface area contributed by atoms with Crippen molar-refractivity contribution in [3.8, 4) is 0 Å². The first-order valence-corrected chi connectivity index (χ1v) is 13.0. The Kier molecular flexibility index (Phi) is 11.3. The van der Waals surface area contributed by atoms with Crippen molar-refractivity contribution in [2.75, 3.05) is 19.6 Å². The molecule has 3 rings (SSSR count). The number of nitrogens with one attached hydrogen (secondary N) is 2. The number of aliphatic hydroxyl groups excluding tert-OH is 1. The zero-order valence-electron chi connectivity index (χ0n) is 21.8. The molecule has 2 atom stereocenters. The minimum atomic E-state index is -0.824. The van der Waals surface area contributed by atoms with Gasteiger partial charge in [0.1, 0.15) is 0 Å². The maximum Gasteiger partial charge on any atom is 0.253 e. The molecule has 0 saturated heterocycles. The van der Waals surface area contributed by atoms with Crippen LogP contribution in [-0.2, 0) is 13.0 Å². The van der Waals surface area contributed by atoms with Crippen molar-refractivity contribution >= 4 is 11.8 Å². The Hall–Kier alpha value is -3.55. The SMILES string of the molecule is CCCN(CCC)C(=O)c1cccc(C(=O)N[C@@H](Cc2ccccc2)[C@H](O)CNCc2cccnc2)c1. The number of pyridine rings is 1. The Labute approximate surface area is 219 Å². The summed E-state index contributed by atoms with van der Waals surface area (Å²) < 4.78 is 0. The van der Waals surface area contributed by atoms with Gasteiger partial charge in [-0.15, -0.1) is 0 Å². The average molecular weight is 503 g/mol. The number of hydrogen-bond acceptors (Lipinski definition) is 5. The number of benzene rings is 2. The summed E-state index contributed by atoms with van der Waals surface area (Å²) in [4.78, 5) is 32.3. The van der Waals surface area contributed by atoms with E-state index in [1.54, 1.807) is 36.7 Å². The van der Waals surface area contributed by atoms with Crippen molar-refractivity contribution in [2.45, 2.75) is 51.8 Å². The molecule has 0 aliphatic heterocycles. The number of nitrogens with zero attached hydrogens (tertiary/aromatic N) is 2. The zero-order valence-corrected chi connectivity index (χ0v) is 21.8. The minimum absolute atomic E-state index is 0.0705. The van der Waals surface area contributed by atoms with Crippen molar-refractivity contribution in [1.82, 2.24) is 20.5 Å². The largest absolute Gasteiger partial charge is 0.390 e. The number of aromatic nitrogens is 1. The van der Waals surface area contributed by atoms with Gasteiger partial charge in [-0.1, -0.05) is 56.3 Å². The molecule has 3 aromatic rings. The van der Waals surface area contributed by atoms with E-state index in [4.69, 9.17) is 0 Å². The predicted molar refractivity (Wildman–Crippen MR) is 146 cm³/mol. The molecule has 0 saturated carbocycles. The molecular weight excluding hydrogens is 464 g/mol. The van der Waals surface area contributed by atoms with Crippen LogP contribution in [0.2, 0.25) is 0 Å². The maximum absolute atomic E-state index is 13.3. The summed E-state index contributed by atoms with van der Waals surface area (Å²) in [5.41, 5.74) is 2.91. The summed E-state index contributed by atoms with van der Waals surface area (Å²) in [7, 11) is 0. The van der Waals surface area contributed by atoms with E-state index in [-0.39, 0.29) is 11.8 Å². The minimum Gasteiger partial charge on any atom is -0.390 e. The van der Waals surface area contributed by atoms with Crippen LogP contribution in [0.25, 0.3) is 0 Å². The molecule has 0 aliphatic rings. The molecule has 2 aromatic carbocycles. The lowest BCUT2D eigenvalue weighted by molar-refractivity contribution is 0.0755. The second-order valence-electron chi connectivity index (χ2n) is 9.20. The molecule has 1 heterocycles. The van der Waals surface area contributed by atoms with Crippen LogP contribution in [0.5, 0.6) is 0 Å². The van der Waals surface area contributed by atoms with Crippen LogP contribution < -0.4 is 10.6 Å². The number of aliphatic hydroxyl groups is 1. The molecule has 37 heavy (non-hydrogen) atoms. The normalized spacial score (nSPS) is 12.5. The van der Waals surface area contributed by atoms with Crippen molar-refractivity contribution in [2.24, 2.45) is 0 Å². The first kappa shape index (κ1) is 28.0. The number of carbonyl (C=O) groups is 2. The van der Waals surface area contributed by atoms with Crippen molar-refractivity contribution < 1.29 is 14.7 Å². The number of rotatable bonds is 14. The van der Waals surface area contributed by atoms with Gasteiger partial charge < -0.3 is 20.6 Å². The summed E-state index contributed by atoms with van der Waals surface area (Å²) in [5.74, 6) is -0.391. The van der Waals surface area contributed by atoms with Gasteiger partial charge in [-0.25, -0.2) is 0 Å². The van der Waals surface area contributed by atoms with Gasteiger partial charge in [0.25, 0.3) is 11.8 Å². The molecule has 0 spiro atoms. The Morgan fingerprint density at radius 3 is 2.30 bits per heavy atom. The topological polar surface area (TPSA) is 94.6 Å². The fourth-order valence-electron chi connectivity index (χ4n) is 4.24. The molecule has 0 fully saturated rings. The van der Waals surface area contributed by atoms with E-state index in [2.05, 4.69) is 15.6 Å². The fourth-order valence-corrected chi connectivity index (χ4v) is 4.24. The standard InChI is InChI=1S/C30H38N4O3/c1-3-16-34(17-4-2)30(37)26-14-8-13-25(19-26)29(36)33-27(18-23-10-6-5-7-11-23)28(35)22-32-21-24-12-9-15-31-20-24/h5-15,19-20,27-28,32,35H,3-4,16-18,21-22H2,1-2H3,(H,33,36)/t27-,28+/m0/s1.